The summed E-state index contributed by atoms with van der Waals surface area (Å²) in [7, 11) is 0. The van der Waals surface area contributed by atoms with Crippen molar-refractivity contribution in [3.8, 4) is 0 Å². The number of carbonyl (C=O) groups is 3. The van der Waals surface area contributed by atoms with Gasteiger partial charge < -0.3 is 10.6 Å². The summed E-state index contributed by atoms with van der Waals surface area (Å²) in [6.07, 6.45) is 0. The Morgan fingerprint density at radius 2 is 1.91 bits per heavy atom. The van der Waals surface area contributed by atoms with Crippen LogP contribution in [0.5, 0.6) is 0 Å². The Kier molecular flexibility index (Phi) is 4.42. The van der Waals surface area contributed by atoms with Crippen molar-refractivity contribution in [3.63, 3.8) is 0 Å². The molecule has 7 heteroatoms. The van der Waals surface area contributed by atoms with Crippen LogP contribution in [0.4, 0.5) is 4.79 Å². The van der Waals surface area contributed by atoms with Crippen LogP contribution in [0.1, 0.15) is 32.4 Å². The third-order valence-corrected chi connectivity index (χ3v) is 3.75. The zero-order valence-electron chi connectivity index (χ0n) is 12.6. The van der Waals surface area contributed by atoms with E-state index in [2.05, 4.69) is 10.6 Å². The van der Waals surface area contributed by atoms with Crippen molar-refractivity contribution >= 4 is 29.4 Å². The summed E-state index contributed by atoms with van der Waals surface area (Å²) in [6, 6.07) is 6.29. The van der Waals surface area contributed by atoms with Crippen molar-refractivity contribution in [1.29, 1.82) is 0 Å². The van der Waals surface area contributed by atoms with Gasteiger partial charge in [0.15, 0.2) is 0 Å². The number of hydrogen-bond donors (Lipinski definition) is 2. The normalized spacial score (nSPS) is 18.1. The summed E-state index contributed by atoms with van der Waals surface area (Å²) in [5, 5.41) is 5.90. The molecule has 0 radical (unpaired) electrons. The fourth-order valence-corrected chi connectivity index (χ4v) is 2.35. The first-order valence-corrected chi connectivity index (χ1v) is 7.27. The van der Waals surface area contributed by atoms with E-state index in [1.54, 1.807) is 26.0 Å². The Morgan fingerprint density at radius 3 is 2.41 bits per heavy atom. The van der Waals surface area contributed by atoms with Crippen molar-refractivity contribution in [3.05, 3.63) is 34.9 Å². The lowest BCUT2D eigenvalue weighted by atomic mass is 10.1. The number of imide groups is 1. The minimum Gasteiger partial charge on any atom is -0.348 e. The number of rotatable bonds is 4. The number of urea groups is 1. The highest BCUT2D eigenvalue weighted by Gasteiger charge is 2.44. The number of hydrogen-bond acceptors (Lipinski definition) is 3. The molecule has 1 fully saturated rings. The van der Waals surface area contributed by atoms with Crippen LogP contribution in [-0.2, 0) is 9.59 Å². The van der Waals surface area contributed by atoms with Gasteiger partial charge in [-0.15, -0.1) is 0 Å². The molecule has 1 aliphatic rings. The predicted molar refractivity (Wildman–Crippen MR) is 82.3 cm³/mol. The standard InChI is InChI=1S/C15H18ClN3O3/c1-9(10-4-6-11(16)7-5-10)17-12(20)8-19-13(21)15(2,3)18-14(19)22/h4-7,9H,8H2,1-3H3,(H,17,20)(H,18,22)/t9-/m0/s1. The monoisotopic (exact) mass is 323 g/mol. The maximum atomic E-state index is 12.0. The average Bonchev–Trinajstić information content (AvgIpc) is 2.61. The first-order valence-electron chi connectivity index (χ1n) is 6.89. The number of benzene rings is 1. The molecule has 0 spiro atoms. The van der Waals surface area contributed by atoms with Crippen LogP contribution in [0.25, 0.3) is 0 Å². The number of nitrogens with zero attached hydrogens (tertiary/aromatic N) is 1. The largest absolute Gasteiger partial charge is 0.348 e. The molecule has 0 aliphatic carbocycles. The van der Waals surface area contributed by atoms with Crippen LogP contribution in [0, 0.1) is 0 Å². The number of nitrogens with one attached hydrogen (secondary N) is 2. The minimum absolute atomic E-state index is 0.251. The van der Waals surface area contributed by atoms with Gasteiger partial charge in [0.05, 0.1) is 6.04 Å². The Balaban J connectivity index is 1.97. The van der Waals surface area contributed by atoms with Crippen LogP contribution in [-0.4, -0.2) is 34.8 Å². The molecular weight excluding hydrogens is 306 g/mol. The minimum atomic E-state index is -0.973. The summed E-state index contributed by atoms with van der Waals surface area (Å²) >= 11 is 5.82. The highest BCUT2D eigenvalue weighted by Crippen LogP contribution is 2.18. The summed E-state index contributed by atoms with van der Waals surface area (Å²) in [6.45, 7) is 4.71. The van der Waals surface area contributed by atoms with Gasteiger partial charge in [0, 0.05) is 5.02 Å². The maximum absolute atomic E-state index is 12.0. The lowest BCUT2D eigenvalue weighted by Crippen LogP contribution is -2.43. The molecule has 1 saturated heterocycles. The molecule has 22 heavy (non-hydrogen) atoms. The number of halogens is 1. The molecule has 1 atom stereocenters. The van der Waals surface area contributed by atoms with Gasteiger partial charge >= 0.3 is 6.03 Å². The number of carbonyl (C=O) groups excluding carboxylic acids is 3. The molecule has 0 aromatic heterocycles. The average molecular weight is 324 g/mol. The number of amides is 4. The zero-order chi connectivity index (χ0) is 16.5. The Hall–Kier alpha value is -2.08. The van der Waals surface area contributed by atoms with Gasteiger partial charge in [-0.2, -0.15) is 0 Å². The van der Waals surface area contributed by atoms with Gasteiger partial charge in [-0.25, -0.2) is 4.79 Å². The molecule has 2 N–H and O–H groups in total. The predicted octanol–water partition coefficient (Wildman–Crippen LogP) is 1.85. The topological polar surface area (TPSA) is 78.5 Å². The molecule has 1 aromatic rings. The van der Waals surface area contributed by atoms with Crippen LogP contribution in [0.3, 0.4) is 0 Å². The molecule has 118 valence electrons. The molecule has 2 rings (SSSR count). The van der Waals surface area contributed by atoms with Crippen LogP contribution < -0.4 is 10.6 Å². The van der Waals surface area contributed by atoms with Crippen molar-refractivity contribution in [2.45, 2.75) is 32.4 Å². The second kappa shape index (κ2) is 5.96. The first kappa shape index (κ1) is 16.3. The van der Waals surface area contributed by atoms with E-state index in [4.69, 9.17) is 11.6 Å². The maximum Gasteiger partial charge on any atom is 0.325 e. The molecule has 0 bridgehead atoms. The van der Waals surface area contributed by atoms with E-state index in [9.17, 15) is 14.4 Å². The van der Waals surface area contributed by atoms with Crippen LogP contribution >= 0.6 is 11.6 Å². The highest BCUT2D eigenvalue weighted by atomic mass is 35.5. The zero-order valence-corrected chi connectivity index (χ0v) is 13.4. The van der Waals surface area contributed by atoms with E-state index in [-0.39, 0.29) is 12.6 Å². The molecular formula is C15H18ClN3O3. The van der Waals surface area contributed by atoms with Crippen LogP contribution in [0.2, 0.25) is 5.02 Å². The summed E-state index contributed by atoms with van der Waals surface area (Å²) in [4.78, 5) is 36.7. The van der Waals surface area contributed by atoms with Gasteiger partial charge in [0.2, 0.25) is 5.91 Å². The fourth-order valence-electron chi connectivity index (χ4n) is 2.23. The van der Waals surface area contributed by atoms with Gasteiger partial charge in [-0.1, -0.05) is 23.7 Å². The molecule has 1 aromatic carbocycles. The summed E-state index contributed by atoms with van der Waals surface area (Å²) in [5.74, 6) is -0.810. The van der Waals surface area contributed by atoms with Gasteiger partial charge in [-0.05, 0) is 38.5 Å². The van der Waals surface area contributed by atoms with E-state index in [0.717, 1.165) is 10.5 Å². The molecule has 6 nitrogen and oxygen atoms in total. The van der Waals surface area contributed by atoms with Crippen molar-refractivity contribution in [2.75, 3.05) is 6.54 Å². The SMILES string of the molecule is C[C@H](NC(=O)CN1C(=O)NC(C)(C)C1=O)c1ccc(Cl)cc1. The molecule has 4 amide bonds. The van der Waals surface area contributed by atoms with Gasteiger partial charge in [0.25, 0.3) is 5.91 Å². The van der Waals surface area contributed by atoms with Gasteiger partial charge in [0.1, 0.15) is 12.1 Å². The van der Waals surface area contributed by atoms with E-state index in [0.29, 0.717) is 5.02 Å². The molecule has 1 heterocycles. The van der Waals surface area contributed by atoms with Crippen molar-refractivity contribution in [1.82, 2.24) is 15.5 Å². The Morgan fingerprint density at radius 1 is 1.32 bits per heavy atom. The second-order valence-corrected chi connectivity index (χ2v) is 6.22. The smallest absolute Gasteiger partial charge is 0.325 e. The van der Waals surface area contributed by atoms with E-state index < -0.39 is 23.4 Å². The fraction of sp³-hybridized carbons (Fsp3) is 0.400. The Labute approximate surface area is 133 Å². The third kappa shape index (κ3) is 3.39. The molecule has 0 saturated carbocycles. The summed E-state index contributed by atoms with van der Waals surface area (Å²) in [5.41, 5.74) is -0.0885. The summed E-state index contributed by atoms with van der Waals surface area (Å²) < 4.78 is 0. The Bertz CT molecular complexity index is 613. The van der Waals surface area contributed by atoms with E-state index >= 15 is 0 Å². The highest BCUT2D eigenvalue weighted by molar-refractivity contribution is 6.30. The first-order chi connectivity index (χ1) is 10.2. The third-order valence-electron chi connectivity index (χ3n) is 3.49. The van der Waals surface area contributed by atoms with Gasteiger partial charge in [-0.3, -0.25) is 14.5 Å². The quantitative estimate of drug-likeness (QED) is 0.830. The molecule has 1 aliphatic heterocycles. The van der Waals surface area contributed by atoms with E-state index in [1.807, 2.05) is 19.1 Å². The lowest BCUT2D eigenvalue weighted by molar-refractivity contribution is -0.134. The van der Waals surface area contributed by atoms with E-state index in [1.165, 1.54) is 0 Å². The second-order valence-electron chi connectivity index (χ2n) is 5.79. The van der Waals surface area contributed by atoms with Crippen molar-refractivity contribution < 1.29 is 14.4 Å². The molecule has 0 unspecified atom stereocenters. The lowest BCUT2D eigenvalue weighted by Gasteiger charge is -2.18. The van der Waals surface area contributed by atoms with Crippen molar-refractivity contribution in [2.24, 2.45) is 0 Å². The van der Waals surface area contributed by atoms with Crippen LogP contribution in [0.15, 0.2) is 24.3 Å².